The first-order valence-corrected chi connectivity index (χ1v) is 9.64. The summed E-state index contributed by atoms with van der Waals surface area (Å²) >= 11 is 6.77. The lowest BCUT2D eigenvalue weighted by molar-refractivity contribution is -0.119. The molecule has 0 saturated heterocycles. The van der Waals surface area contributed by atoms with Gasteiger partial charge in [0.1, 0.15) is 0 Å². The SMILES string of the molecule is Cc1ccc(CSCC(=O)NNC(=S)NC(C)c2ccccc2)cc1. The van der Waals surface area contributed by atoms with Crippen LogP contribution in [0.15, 0.2) is 54.6 Å². The highest BCUT2D eigenvalue weighted by atomic mass is 32.2. The van der Waals surface area contributed by atoms with Gasteiger partial charge in [-0.05, 0) is 37.2 Å². The lowest BCUT2D eigenvalue weighted by atomic mass is 10.1. The number of amides is 1. The predicted molar refractivity (Wildman–Crippen MR) is 109 cm³/mol. The molecule has 2 rings (SSSR count). The monoisotopic (exact) mass is 373 g/mol. The van der Waals surface area contributed by atoms with E-state index in [2.05, 4.69) is 47.4 Å². The fraction of sp³-hybridized carbons (Fsp3) is 0.263. The molecule has 0 bridgehead atoms. The highest BCUT2D eigenvalue weighted by Crippen LogP contribution is 2.12. The van der Waals surface area contributed by atoms with Crippen LogP contribution in [0.5, 0.6) is 0 Å². The normalized spacial score (nSPS) is 11.4. The van der Waals surface area contributed by atoms with Gasteiger partial charge in [0.2, 0.25) is 5.91 Å². The molecule has 0 aliphatic heterocycles. The third kappa shape index (κ3) is 7.15. The number of nitrogens with one attached hydrogen (secondary N) is 3. The molecule has 0 aliphatic rings. The van der Waals surface area contributed by atoms with Gasteiger partial charge in [-0.15, -0.1) is 11.8 Å². The van der Waals surface area contributed by atoms with Gasteiger partial charge in [0.05, 0.1) is 11.8 Å². The van der Waals surface area contributed by atoms with Gasteiger partial charge in [-0.3, -0.25) is 15.6 Å². The zero-order valence-electron chi connectivity index (χ0n) is 14.4. The van der Waals surface area contributed by atoms with Crippen LogP contribution in [-0.4, -0.2) is 16.8 Å². The van der Waals surface area contributed by atoms with E-state index in [9.17, 15) is 4.79 Å². The van der Waals surface area contributed by atoms with Crippen molar-refractivity contribution < 1.29 is 4.79 Å². The fourth-order valence-corrected chi connectivity index (χ4v) is 3.18. The maximum Gasteiger partial charge on any atom is 0.248 e. The minimum Gasteiger partial charge on any atom is -0.355 e. The topological polar surface area (TPSA) is 53.2 Å². The highest BCUT2D eigenvalue weighted by Gasteiger charge is 2.07. The third-order valence-electron chi connectivity index (χ3n) is 3.59. The Morgan fingerprint density at radius 3 is 2.44 bits per heavy atom. The van der Waals surface area contributed by atoms with Gasteiger partial charge in [0.15, 0.2) is 5.11 Å². The zero-order chi connectivity index (χ0) is 18.1. The summed E-state index contributed by atoms with van der Waals surface area (Å²) in [5.41, 5.74) is 8.95. The molecule has 1 amide bonds. The Labute approximate surface area is 158 Å². The van der Waals surface area contributed by atoms with Crippen molar-refractivity contribution in [3.05, 3.63) is 71.3 Å². The van der Waals surface area contributed by atoms with E-state index in [1.54, 1.807) is 11.8 Å². The Morgan fingerprint density at radius 1 is 1.08 bits per heavy atom. The van der Waals surface area contributed by atoms with E-state index in [1.807, 2.05) is 37.3 Å². The van der Waals surface area contributed by atoms with E-state index in [0.29, 0.717) is 10.9 Å². The first-order chi connectivity index (χ1) is 12.0. The van der Waals surface area contributed by atoms with Crippen molar-refractivity contribution in [1.29, 1.82) is 0 Å². The van der Waals surface area contributed by atoms with Gasteiger partial charge in [0.25, 0.3) is 0 Å². The summed E-state index contributed by atoms with van der Waals surface area (Å²) in [4.78, 5) is 11.9. The summed E-state index contributed by atoms with van der Waals surface area (Å²) < 4.78 is 0. The molecule has 0 heterocycles. The molecule has 0 saturated carbocycles. The summed E-state index contributed by atoms with van der Waals surface area (Å²) in [6, 6.07) is 18.4. The first-order valence-electron chi connectivity index (χ1n) is 8.08. The minimum atomic E-state index is -0.103. The molecule has 6 heteroatoms. The Bertz CT molecular complexity index is 690. The summed E-state index contributed by atoms with van der Waals surface area (Å²) in [7, 11) is 0. The van der Waals surface area contributed by atoms with Crippen LogP contribution < -0.4 is 16.2 Å². The Morgan fingerprint density at radius 2 is 1.76 bits per heavy atom. The number of aryl methyl sites for hydroxylation is 1. The largest absolute Gasteiger partial charge is 0.355 e. The number of hydrogen-bond acceptors (Lipinski definition) is 3. The number of thioether (sulfide) groups is 1. The number of benzene rings is 2. The third-order valence-corrected chi connectivity index (χ3v) is 4.81. The minimum absolute atomic E-state index is 0.0639. The van der Waals surface area contributed by atoms with Gasteiger partial charge >= 0.3 is 0 Å². The number of hydrogen-bond donors (Lipinski definition) is 3. The molecule has 2 aromatic carbocycles. The number of carbonyl (C=O) groups excluding carboxylic acids is 1. The molecular weight excluding hydrogens is 350 g/mol. The van der Waals surface area contributed by atoms with Crippen LogP contribution in [0.3, 0.4) is 0 Å². The maximum absolute atomic E-state index is 11.9. The molecule has 0 aliphatic carbocycles. The molecule has 3 N–H and O–H groups in total. The summed E-state index contributed by atoms with van der Waals surface area (Å²) in [6.45, 7) is 4.08. The van der Waals surface area contributed by atoms with Crippen LogP contribution in [0.4, 0.5) is 0 Å². The van der Waals surface area contributed by atoms with E-state index in [1.165, 1.54) is 11.1 Å². The van der Waals surface area contributed by atoms with Crippen LogP contribution in [0.2, 0.25) is 0 Å². The molecule has 0 fully saturated rings. The zero-order valence-corrected chi connectivity index (χ0v) is 16.0. The average molecular weight is 374 g/mol. The molecule has 25 heavy (non-hydrogen) atoms. The predicted octanol–water partition coefficient (Wildman–Crippen LogP) is 3.48. The van der Waals surface area contributed by atoms with Gasteiger partial charge in [-0.25, -0.2) is 0 Å². The lowest BCUT2D eigenvalue weighted by Gasteiger charge is -2.17. The number of rotatable bonds is 6. The highest BCUT2D eigenvalue weighted by molar-refractivity contribution is 7.99. The second-order valence-electron chi connectivity index (χ2n) is 5.76. The lowest BCUT2D eigenvalue weighted by Crippen LogP contribution is -2.47. The van der Waals surface area contributed by atoms with Crippen molar-refractivity contribution in [2.45, 2.75) is 25.6 Å². The molecule has 1 unspecified atom stereocenters. The summed E-state index contributed by atoms with van der Waals surface area (Å²) in [5, 5.41) is 3.53. The van der Waals surface area contributed by atoms with E-state index in [-0.39, 0.29) is 11.9 Å². The van der Waals surface area contributed by atoms with Crippen LogP contribution >= 0.6 is 24.0 Å². The molecule has 0 radical (unpaired) electrons. The summed E-state index contributed by atoms with van der Waals surface area (Å²) in [5.74, 6) is 1.08. The van der Waals surface area contributed by atoms with E-state index in [4.69, 9.17) is 12.2 Å². The molecule has 0 aromatic heterocycles. The molecule has 0 spiro atoms. The van der Waals surface area contributed by atoms with Crippen molar-refractivity contribution in [1.82, 2.24) is 16.2 Å². The number of hydrazine groups is 1. The Hall–Kier alpha value is -2.05. The van der Waals surface area contributed by atoms with Gasteiger partial charge < -0.3 is 5.32 Å². The van der Waals surface area contributed by atoms with E-state index < -0.39 is 0 Å². The number of thiocarbonyl (C=S) groups is 1. The summed E-state index contributed by atoms with van der Waals surface area (Å²) in [6.07, 6.45) is 0. The van der Waals surface area contributed by atoms with Gasteiger partial charge in [-0.1, -0.05) is 60.2 Å². The average Bonchev–Trinajstić information content (AvgIpc) is 2.62. The van der Waals surface area contributed by atoms with E-state index >= 15 is 0 Å². The fourth-order valence-electron chi connectivity index (χ4n) is 2.17. The quantitative estimate of drug-likeness (QED) is 0.535. The molecule has 1 atom stereocenters. The molecule has 132 valence electrons. The maximum atomic E-state index is 11.9. The van der Waals surface area contributed by atoms with Crippen LogP contribution in [0.25, 0.3) is 0 Å². The van der Waals surface area contributed by atoms with E-state index in [0.717, 1.165) is 11.3 Å². The standard InChI is InChI=1S/C19H23N3OS2/c1-14-8-10-16(11-9-14)12-25-13-18(23)21-22-19(24)20-15(2)17-6-4-3-5-7-17/h3-11,15H,12-13H2,1-2H3,(H,21,23)(H2,20,22,24). The number of carbonyl (C=O) groups is 1. The Balaban J connectivity index is 1.64. The van der Waals surface area contributed by atoms with Crippen molar-refractivity contribution in [3.63, 3.8) is 0 Å². The van der Waals surface area contributed by atoms with Gasteiger partial charge in [-0.2, -0.15) is 0 Å². The van der Waals surface area contributed by atoms with Crippen LogP contribution in [0, 0.1) is 6.92 Å². The Kier molecular flexibility index (Phi) is 7.76. The van der Waals surface area contributed by atoms with Crippen molar-refractivity contribution in [2.75, 3.05) is 5.75 Å². The van der Waals surface area contributed by atoms with Gasteiger partial charge in [0, 0.05) is 5.75 Å². The second kappa shape index (κ2) is 10.1. The second-order valence-corrected chi connectivity index (χ2v) is 7.15. The molecule has 4 nitrogen and oxygen atoms in total. The van der Waals surface area contributed by atoms with Crippen molar-refractivity contribution in [2.24, 2.45) is 0 Å². The smallest absolute Gasteiger partial charge is 0.248 e. The van der Waals surface area contributed by atoms with Crippen molar-refractivity contribution in [3.8, 4) is 0 Å². The molecular formula is C19H23N3OS2. The van der Waals surface area contributed by atoms with Crippen LogP contribution in [-0.2, 0) is 10.5 Å². The van der Waals surface area contributed by atoms with Crippen LogP contribution in [0.1, 0.15) is 29.7 Å². The van der Waals surface area contributed by atoms with Crippen molar-refractivity contribution >= 4 is 35.0 Å². The first kappa shape index (κ1) is 19.3. The molecule has 2 aromatic rings.